The van der Waals surface area contributed by atoms with E-state index in [2.05, 4.69) is 34.6 Å². The topological polar surface area (TPSA) is 26.3 Å². The van der Waals surface area contributed by atoms with Crippen molar-refractivity contribution >= 4 is 5.97 Å². The van der Waals surface area contributed by atoms with Gasteiger partial charge in [-0.3, -0.25) is 4.79 Å². The van der Waals surface area contributed by atoms with Gasteiger partial charge < -0.3 is 4.74 Å². The molecule has 2 nitrogen and oxygen atoms in total. The molecular formula is C25H50O2. The van der Waals surface area contributed by atoms with Gasteiger partial charge in [-0.05, 0) is 32.1 Å². The molecule has 0 bridgehead atoms. The summed E-state index contributed by atoms with van der Waals surface area (Å²) in [6.07, 6.45) is 17.2. The zero-order valence-electron chi connectivity index (χ0n) is 19.7. The van der Waals surface area contributed by atoms with Crippen LogP contribution in [0.15, 0.2) is 0 Å². The second-order valence-corrected chi connectivity index (χ2v) is 9.88. The summed E-state index contributed by atoms with van der Waals surface area (Å²) in [5.74, 6) is 0.728. The second kappa shape index (κ2) is 15.4. The SMILES string of the molecule is CCCCCCCCCCCCCCC(C)(C)C(=O)OC(C(C)C)C(C)C. The Morgan fingerprint density at radius 1 is 0.704 bits per heavy atom. The van der Waals surface area contributed by atoms with Crippen molar-refractivity contribution in [1.82, 2.24) is 0 Å². The van der Waals surface area contributed by atoms with Crippen LogP contribution in [0.4, 0.5) is 0 Å². The fraction of sp³-hybridized carbons (Fsp3) is 0.960. The number of carbonyl (C=O) groups excluding carboxylic acids is 1. The van der Waals surface area contributed by atoms with Crippen LogP contribution in [-0.4, -0.2) is 12.1 Å². The molecule has 0 amide bonds. The van der Waals surface area contributed by atoms with Gasteiger partial charge in [-0.25, -0.2) is 0 Å². The molecule has 0 atom stereocenters. The summed E-state index contributed by atoms with van der Waals surface area (Å²) in [4.78, 5) is 12.6. The highest BCUT2D eigenvalue weighted by Crippen LogP contribution is 2.28. The van der Waals surface area contributed by atoms with Crippen LogP contribution in [0.3, 0.4) is 0 Å². The van der Waals surface area contributed by atoms with Crippen molar-refractivity contribution in [3.63, 3.8) is 0 Å². The number of carbonyl (C=O) groups is 1. The maximum absolute atomic E-state index is 12.6. The van der Waals surface area contributed by atoms with Crippen molar-refractivity contribution in [3.05, 3.63) is 0 Å². The zero-order valence-corrected chi connectivity index (χ0v) is 19.7. The molecule has 0 aliphatic carbocycles. The third-order valence-electron chi connectivity index (χ3n) is 5.77. The van der Waals surface area contributed by atoms with Crippen molar-refractivity contribution in [3.8, 4) is 0 Å². The molecule has 162 valence electrons. The van der Waals surface area contributed by atoms with E-state index in [0.29, 0.717) is 11.8 Å². The molecule has 0 saturated heterocycles. The standard InChI is InChI=1S/C25H50O2/c1-8-9-10-11-12-13-14-15-16-17-18-19-20-25(6,7)24(26)27-23(21(2)3)22(4)5/h21-23H,8-20H2,1-7H3. The summed E-state index contributed by atoms with van der Waals surface area (Å²) in [6.45, 7) is 14.9. The first-order valence-corrected chi connectivity index (χ1v) is 11.9. The van der Waals surface area contributed by atoms with E-state index in [-0.39, 0.29) is 17.5 Å². The summed E-state index contributed by atoms with van der Waals surface area (Å²) in [6, 6.07) is 0. The van der Waals surface area contributed by atoms with Gasteiger partial charge in [-0.2, -0.15) is 0 Å². The number of esters is 1. The fourth-order valence-corrected chi connectivity index (χ4v) is 3.84. The smallest absolute Gasteiger partial charge is 0.311 e. The van der Waals surface area contributed by atoms with E-state index in [1.165, 1.54) is 70.6 Å². The Kier molecular flexibility index (Phi) is 15.1. The van der Waals surface area contributed by atoms with Gasteiger partial charge in [-0.1, -0.05) is 112 Å². The normalized spacial score (nSPS) is 12.4. The number of ether oxygens (including phenoxy) is 1. The van der Waals surface area contributed by atoms with Gasteiger partial charge in [0, 0.05) is 0 Å². The molecule has 0 aromatic heterocycles. The first-order valence-electron chi connectivity index (χ1n) is 11.9. The molecule has 0 spiro atoms. The van der Waals surface area contributed by atoms with Gasteiger partial charge in [0.1, 0.15) is 6.10 Å². The summed E-state index contributed by atoms with van der Waals surface area (Å²) in [5.41, 5.74) is -0.361. The molecule has 2 heteroatoms. The van der Waals surface area contributed by atoms with Crippen LogP contribution in [-0.2, 0) is 9.53 Å². The van der Waals surface area contributed by atoms with Crippen LogP contribution < -0.4 is 0 Å². The predicted molar refractivity (Wildman–Crippen MR) is 119 cm³/mol. The van der Waals surface area contributed by atoms with Gasteiger partial charge in [-0.15, -0.1) is 0 Å². The summed E-state index contributed by atoms with van der Waals surface area (Å²) in [7, 11) is 0. The molecule has 0 N–H and O–H groups in total. The highest BCUT2D eigenvalue weighted by Gasteiger charge is 2.32. The van der Waals surface area contributed by atoms with E-state index in [4.69, 9.17) is 4.74 Å². The third-order valence-corrected chi connectivity index (χ3v) is 5.77. The number of hydrogen-bond donors (Lipinski definition) is 0. The number of rotatable bonds is 17. The minimum absolute atomic E-state index is 0.0158. The first-order chi connectivity index (χ1) is 12.7. The van der Waals surface area contributed by atoms with E-state index in [0.717, 1.165) is 12.8 Å². The molecule has 0 fully saturated rings. The lowest BCUT2D eigenvalue weighted by molar-refractivity contribution is -0.165. The van der Waals surface area contributed by atoms with Crippen LogP contribution in [0.5, 0.6) is 0 Å². The third kappa shape index (κ3) is 13.3. The molecule has 0 rings (SSSR count). The summed E-state index contributed by atoms with van der Waals surface area (Å²) in [5, 5.41) is 0. The van der Waals surface area contributed by atoms with Crippen LogP contribution in [0.25, 0.3) is 0 Å². The summed E-state index contributed by atoms with van der Waals surface area (Å²) >= 11 is 0. The minimum atomic E-state index is -0.361. The van der Waals surface area contributed by atoms with Crippen molar-refractivity contribution in [2.75, 3.05) is 0 Å². The molecule has 0 aliphatic heterocycles. The van der Waals surface area contributed by atoms with Gasteiger partial charge in [0.15, 0.2) is 0 Å². The van der Waals surface area contributed by atoms with Gasteiger partial charge in [0.05, 0.1) is 5.41 Å². The van der Waals surface area contributed by atoms with E-state index < -0.39 is 0 Å². The molecule has 27 heavy (non-hydrogen) atoms. The largest absolute Gasteiger partial charge is 0.461 e. The number of unbranched alkanes of at least 4 members (excludes halogenated alkanes) is 11. The lowest BCUT2D eigenvalue weighted by atomic mass is 9.86. The lowest BCUT2D eigenvalue weighted by Crippen LogP contribution is -2.35. The zero-order chi connectivity index (χ0) is 20.7. The van der Waals surface area contributed by atoms with Crippen LogP contribution in [0.1, 0.15) is 132 Å². The van der Waals surface area contributed by atoms with Crippen molar-refractivity contribution in [2.24, 2.45) is 17.3 Å². The van der Waals surface area contributed by atoms with Crippen LogP contribution in [0.2, 0.25) is 0 Å². The van der Waals surface area contributed by atoms with Crippen molar-refractivity contribution in [2.45, 2.75) is 138 Å². The molecule has 0 heterocycles. The van der Waals surface area contributed by atoms with E-state index >= 15 is 0 Å². The van der Waals surface area contributed by atoms with Crippen LogP contribution >= 0.6 is 0 Å². The molecule has 0 saturated carbocycles. The Hall–Kier alpha value is -0.530. The lowest BCUT2D eigenvalue weighted by Gasteiger charge is -2.30. The minimum Gasteiger partial charge on any atom is -0.461 e. The molecule has 0 unspecified atom stereocenters. The van der Waals surface area contributed by atoms with E-state index in [9.17, 15) is 4.79 Å². The molecule has 0 aromatic rings. The van der Waals surface area contributed by atoms with Gasteiger partial charge in [0.25, 0.3) is 0 Å². The van der Waals surface area contributed by atoms with Crippen LogP contribution in [0, 0.1) is 17.3 Å². The molecular weight excluding hydrogens is 332 g/mol. The molecule has 0 aliphatic rings. The van der Waals surface area contributed by atoms with Crippen molar-refractivity contribution in [1.29, 1.82) is 0 Å². The maximum Gasteiger partial charge on any atom is 0.311 e. The maximum atomic E-state index is 12.6. The Labute approximate surface area is 171 Å². The number of hydrogen-bond acceptors (Lipinski definition) is 2. The quantitative estimate of drug-likeness (QED) is 0.187. The average molecular weight is 383 g/mol. The highest BCUT2D eigenvalue weighted by molar-refractivity contribution is 5.76. The Morgan fingerprint density at radius 2 is 1.07 bits per heavy atom. The average Bonchev–Trinajstić information content (AvgIpc) is 2.59. The Balaban J connectivity index is 3.79. The fourth-order valence-electron chi connectivity index (χ4n) is 3.84. The van der Waals surface area contributed by atoms with Gasteiger partial charge >= 0.3 is 5.97 Å². The molecule has 0 aromatic carbocycles. The first kappa shape index (κ1) is 26.5. The Morgan fingerprint density at radius 3 is 1.44 bits per heavy atom. The monoisotopic (exact) mass is 382 g/mol. The highest BCUT2D eigenvalue weighted by atomic mass is 16.5. The second-order valence-electron chi connectivity index (χ2n) is 9.88. The van der Waals surface area contributed by atoms with Crippen molar-refractivity contribution < 1.29 is 9.53 Å². The summed E-state index contributed by atoms with van der Waals surface area (Å²) < 4.78 is 5.86. The Bertz CT molecular complexity index is 349. The molecule has 0 radical (unpaired) electrons. The predicted octanol–water partition coefficient (Wildman–Crippen LogP) is 8.33. The van der Waals surface area contributed by atoms with Gasteiger partial charge in [0.2, 0.25) is 0 Å². The van der Waals surface area contributed by atoms with E-state index in [1.54, 1.807) is 0 Å². The van der Waals surface area contributed by atoms with E-state index in [1.807, 2.05) is 13.8 Å².